The Bertz CT molecular complexity index is 1350. The van der Waals surface area contributed by atoms with Gasteiger partial charge in [-0.15, -0.1) is 0 Å². The number of aliphatic hydroxyl groups excluding tert-OH is 5. The maximum absolute atomic E-state index is 13.0. The second kappa shape index (κ2) is 51.7. The fraction of sp³-hybridized carbons (Fsp3) is 0.839. The van der Waals surface area contributed by atoms with Crippen LogP contribution in [0.5, 0.6) is 0 Å². The summed E-state index contributed by atoms with van der Waals surface area (Å²) in [6.45, 7) is 4.25. The number of rotatable bonds is 52. The summed E-state index contributed by atoms with van der Waals surface area (Å²) in [6, 6.07) is -0.832. The zero-order chi connectivity index (χ0) is 53.1. The van der Waals surface area contributed by atoms with Crippen LogP contribution in [0.3, 0.4) is 0 Å². The Kier molecular flexibility index (Phi) is 48.6. The van der Waals surface area contributed by atoms with Gasteiger partial charge in [0.15, 0.2) is 6.29 Å². The molecule has 11 nitrogen and oxygen atoms in total. The van der Waals surface area contributed by atoms with E-state index in [1.54, 1.807) is 6.08 Å². The Hall–Kier alpha value is -2.38. The van der Waals surface area contributed by atoms with E-state index in [2.05, 4.69) is 55.6 Å². The van der Waals surface area contributed by atoms with Crippen molar-refractivity contribution in [2.24, 2.45) is 0 Å². The highest BCUT2D eigenvalue weighted by atomic mass is 16.7. The monoisotopic (exact) mass is 1030 g/mol. The van der Waals surface area contributed by atoms with Crippen LogP contribution in [0.4, 0.5) is 0 Å². The zero-order valence-corrected chi connectivity index (χ0v) is 46.8. The van der Waals surface area contributed by atoms with Gasteiger partial charge in [0.1, 0.15) is 24.4 Å². The standard InChI is InChI=1S/C62H113NO10/c1-3-5-7-9-11-13-14-15-27-30-34-38-42-46-50-58(67)71-51-47-43-39-35-31-28-25-23-21-19-17-16-18-20-22-24-26-29-33-37-41-45-49-57(66)63-54(55(65)48-44-40-36-32-12-10-8-6-4-2)53-72-62-61(70)60(69)59(68)56(52-64)73-62/h12,14-15,18,20,32,44,48,54-56,59-62,64-65,68-70H,3-11,13,16-17,19,21-31,33-43,45-47,49-53H2,1-2H3,(H,63,66)/b15-14-,20-18-,32-12+,48-44+. The minimum Gasteiger partial charge on any atom is -0.466 e. The van der Waals surface area contributed by atoms with Crippen molar-refractivity contribution in [2.75, 3.05) is 19.8 Å². The molecule has 1 rings (SSSR count). The topological polar surface area (TPSA) is 175 Å². The number of carbonyl (C=O) groups is 2. The molecular formula is C62H113NO10. The molecule has 7 unspecified atom stereocenters. The maximum Gasteiger partial charge on any atom is 0.305 e. The smallest absolute Gasteiger partial charge is 0.305 e. The molecule has 0 saturated carbocycles. The lowest BCUT2D eigenvalue weighted by Crippen LogP contribution is -2.60. The van der Waals surface area contributed by atoms with Gasteiger partial charge in [0.05, 0.1) is 32.0 Å². The molecule has 1 heterocycles. The number of allylic oxidation sites excluding steroid dienone is 7. The van der Waals surface area contributed by atoms with Crippen molar-refractivity contribution in [3.8, 4) is 0 Å². The highest BCUT2D eigenvalue weighted by Gasteiger charge is 2.44. The number of amides is 1. The van der Waals surface area contributed by atoms with E-state index in [-0.39, 0.29) is 18.5 Å². The Morgan fingerprint density at radius 3 is 1.38 bits per heavy atom. The molecule has 1 amide bonds. The van der Waals surface area contributed by atoms with Crippen molar-refractivity contribution >= 4 is 11.9 Å². The van der Waals surface area contributed by atoms with E-state index >= 15 is 0 Å². The van der Waals surface area contributed by atoms with Crippen molar-refractivity contribution in [3.05, 3.63) is 48.6 Å². The molecule has 1 saturated heterocycles. The maximum atomic E-state index is 13.0. The summed E-state index contributed by atoms with van der Waals surface area (Å²) in [5.74, 6) is -0.214. The molecule has 1 aliphatic rings. The number of nitrogens with one attached hydrogen (secondary N) is 1. The molecular weight excluding hydrogens is 919 g/mol. The Morgan fingerprint density at radius 2 is 0.890 bits per heavy atom. The lowest BCUT2D eigenvalue weighted by molar-refractivity contribution is -0.302. The molecule has 0 bridgehead atoms. The van der Waals surface area contributed by atoms with Crippen LogP contribution in [0.1, 0.15) is 271 Å². The third-order valence-corrected chi connectivity index (χ3v) is 14.1. The molecule has 0 aromatic heterocycles. The van der Waals surface area contributed by atoms with Crippen LogP contribution in [0.2, 0.25) is 0 Å². The number of aliphatic hydroxyl groups is 5. The number of hydrogen-bond acceptors (Lipinski definition) is 10. The quantitative estimate of drug-likeness (QED) is 0.0195. The fourth-order valence-corrected chi connectivity index (χ4v) is 9.26. The first kappa shape index (κ1) is 68.6. The van der Waals surface area contributed by atoms with Gasteiger partial charge >= 0.3 is 5.97 Å². The second-order valence-corrected chi connectivity index (χ2v) is 21.0. The van der Waals surface area contributed by atoms with Crippen LogP contribution in [0.25, 0.3) is 0 Å². The van der Waals surface area contributed by atoms with Crippen molar-refractivity contribution in [3.63, 3.8) is 0 Å². The van der Waals surface area contributed by atoms with Gasteiger partial charge in [-0.3, -0.25) is 9.59 Å². The summed E-state index contributed by atoms with van der Waals surface area (Å²) >= 11 is 0. The van der Waals surface area contributed by atoms with Gasteiger partial charge in [0.25, 0.3) is 0 Å². The number of esters is 1. The molecule has 1 aliphatic heterocycles. The van der Waals surface area contributed by atoms with Crippen LogP contribution in [-0.2, 0) is 23.8 Å². The van der Waals surface area contributed by atoms with E-state index < -0.39 is 49.5 Å². The lowest BCUT2D eigenvalue weighted by atomic mass is 9.99. The second-order valence-electron chi connectivity index (χ2n) is 21.0. The Morgan fingerprint density at radius 1 is 0.493 bits per heavy atom. The molecule has 0 spiro atoms. The SMILES string of the molecule is CCCCC/C=C/CC/C=C/C(O)C(COC1OC(CO)C(O)C(O)C1O)NC(=O)CCCCCCCCC/C=C\CCCCCCCCCCCCCOC(=O)CCCCCCC/C=C\CCCCCCC. The van der Waals surface area contributed by atoms with E-state index in [0.29, 0.717) is 19.4 Å². The third kappa shape index (κ3) is 41.5. The molecule has 0 radical (unpaired) electrons. The van der Waals surface area contributed by atoms with E-state index in [9.17, 15) is 35.1 Å². The molecule has 6 N–H and O–H groups in total. The van der Waals surface area contributed by atoms with Gasteiger partial charge in [-0.05, 0) is 96.3 Å². The molecule has 0 aromatic rings. The van der Waals surface area contributed by atoms with Gasteiger partial charge in [-0.2, -0.15) is 0 Å². The number of carbonyl (C=O) groups excluding carboxylic acids is 2. The van der Waals surface area contributed by atoms with Crippen LogP contribution in [0.15, 0.2) is 48.6 Å². The molecule has 73 heavy (non-hydrogen) atoms. The van der Waals surface area contributed by atoms with Crippen molar-refractivity contribution in [1.29, 1.82) is 0 Å². The minimum atomic E-state index is -1.58. The van der Waals surface area contributed by atoms with Crippen molar-refractivity contribution in [2.45, 2.75) is 314 Å². The van der Waals surface area contributed by atoms with Crippen molar-refractivity contribution < 1.29 is 49.3 Å². The largest absolute Gasteiger partial charge is 0.466 e. The third-order valence-electron chi connectivity index (χ3n) is 14.1. The van der Waals surface area contributed by atoms with E-state index in [1.807, 2.05) is 6.08 Å². The predicted octanol–water partition coefficient (Wildman–Crippen LogP) is 14.1. The van der Waals surface area contributed by atoms with Gasteiger partial charge in [0, 0.05) is 12.8 Å². The summed E-state index contributed by atoms with van der Waals surface area (Å²) < 4.78 is 16.7. The highest BCUT2D eigenvalue weighted by Crippen LogP contribution is 2.23. The van der Waals surface area contributed by atoms with E-state index in [4.69, 9.17) is 14.2 Å². The Balaban J connectivity index is 2.01. The van der Waals surface area contributed by atoms with Crippen molar-refractivity contribution in [1.82, 2.24) is 5.32 Å². The molecule has 11 heteroatoms. The van der Waals surface area contributed by atoms with Crippen LogP contribution in [-0.4, -0.2) is 100 Å². The average molecular weight is 1030 g/mol. The minimum absolute atomic E-state index is 0.0121. The predicted molar refractivity (Wildman–Crippen MR) is 301 cm³/mol. The lowest BCUT2D eigenvalue weighted by Gasteiger charge is -2.40. The number of unbranched alkanes of at least 4 members (excludes halogenated alkanes) is 32. The average Bonchev–Trinajstić information content (AvgIpc) is 3.39. The first-order valence-electron chi connectivity index (χ1n) is 30.4. The van der Waals surface area contributed by atoms with Gasteiger partial charge in [-0.1, -0.05) is 210 Å². The summed E-state index contributed by atoms with van der Waals surface area (Å²) in [7, 11) is 0. The molecule has 7 atom stereocenters. The Labute approximate surface area is 446 Å². The van der Waals surface area contributed by atoms with Crippen LogP contribution in [0, 0.1) is 0 Å². The summed E-state index contributed by atoms with van der Waals surface area (Å²) in [6.07, 6.45) is 55.1. The van der Waals surface area contributed by atoms with Crippen LogP contribution < -0.4 is 5.32 Å². The highest BCUT2D eigenvalue weighted by molar-refractivity contribution is 5.76. The van der Waals surface area contributed by atoms with Crippen LogP contribution >= 0.6 is 0 Å². The molecule has 0 aromatic carbocycles. The van der Waals surface area contributed by atoms with E-state index in [1.165, 1.54) is 167 Å². The van der Waals surface area contributed by atoms with E-state index in [0.717, 1.165) is 77.0 Å². The first-order chi connectivity index (χ1) is 35.7. The number of ether oxygens (including phenoxy) is 3. The summed E-state index contributed by atoms with van der Waals surface area (Å²) in [5.41, 5.74) is 0. The molecule has 0 aliphatic carbocycles. The van der Waals surface area contributed by atoms with Gasteiger partial charge in [0.2, 0.25) is 5.91 Å². The summed E-state index contributed by atoms with van der Waals surface area (Å²) in [4.78, 5) is 25.0. The molecule has 1 fully saturated rings. The normalized spacial score (nSPS) is 19.2. The first-order valence-corrected chi connectivity index (χ1v) is 30.4. The zero-order valence-electron chi connectivity index (χ0n) is 46.8. The molecule has 426 valence electrons. The van der Waals surface area contributed by atoms with Gasteiger partial charge in [-0.25, -0.2) is 0 Å². The number of hydrogen-bond donors (Lipinski definition) is 6. The van der Waals surface area contributed by atoms with Gasteiger partial charge < -0.3 is 45.1 Å². The summed E-state index contributed by atoms with van der Waals surface area (Å²) in [5, 5.41) is 54.1. The fourth-order valence-electron chi connectivity index (χ4n) is 9.26.